The predicted octanol–water partition coefficient (Wildman–Crippen LogP) is 5.71. The summed E-state index contributed by atoms with van der Waals surface area (Å²) in [6.07, 6.45) is 3.18. The molecule has 0 bridgehead atoms. The highest BCUT2D eigenvalue weighted by Crippen LogP contribution is 2.41. The Bertz CT molecular complexity index is 1440. The standard InChI is InChI=1S/C23H17FN2O3S2/c1-15-6-8-18(9-7-15)31(27,28)26-11-10-19-21(26)13-20(24)22(23(19)30-2)29-17-5-3-4-16(12-17)14-25/h3-13H,1-2H3. The SMILES string of the molecule is CSc1c(Oc2cccc(C#N)c2)c(F)cc2c1ccn2S(=O)(=O)c1ccc(C)cc1. The van der Waals surface area contributed by atoms with Crippen LogP contribution in [-0.2, 0) is 10.0 Å². The summed E-state index contributed by atoms with van der Waals surface area (Å²) in [6, 6.07) is 17.7. The molecular weight excluding hydrogens is 435 g/mol. The van der Waals surface area contributed by atoms with Crippen molar-refractivity contribution in [3.8, 4) is 17.6 Å². The van der Waals surface area contributed by atoms with Gasteiger partial charge >= 0.3 is 0 Å². The minimum atomic E-state index is -3.90. The van der Waals surface area contributed by atoms with Crippen molar-refractivity contribution >= 4 is 32.7 Å². The molecule has 0 saturated heterocycles. The number of thioether (sulfide) groups is 1. The molecule has 0 aliphatic heterocycles. The second-order valence-electron chi connectivity index (χ2n) is 6.82. The number of nitrogens with zero attached hydrogens (tertiary/aromatic N) is 2. The molecule has 1 heterocycles. The number of nitriles is 1. The Balaban J connectivity index is 1.85. The lowest BCUT2D eigenvalue weighted by Crippen LogP contribution is -2.12. The summed E-state index contributed by atoms with van der Waals surface area (Å²) in [5.74, 6) is -0.391. The van der Waals surface area contributed by atoms with Crippen molar-refractivity contribution in [2.24, 2.45) is 0 Å². The Labute approximate surface area is 183 Å². The van der Waals surface area contributed by atoms with E-state index in [1.54, 1.807) is 42.7 Å². The molecule has 0 radical (unpaired) electrons. The Kier molecular flexibility index (Phi) is 5.48. The molecule has 156 valence electrons. The Hall–Kier alpha value is -3.28. The van der Waals surface area contributed by atoms with Gasteiger partial charge in [0.1, 0.15) is 5.75 Å². The van der Waals surface area contributed by atoms with Crippen molar-refractivity contribution in [2.75, 3.05) is 6.26 Å². The van der Waals surface area contributed by atoms with Crippen LogP contribution >= 0.6 is 11.8 Å². The normalized spacial score (nSPS) is 11.4. The number of benzene rings is 3. The first kappa shape index (κ1) is 21.0. The lowest BCUT2D eigenvalue weighted by atomic mass is 10.2. The zero-order chi connectivity index (χ0) is 22.2. The van der Waals surface area contributed by atoms with Gasteiger partial charge in [-0.15, -0.1) is 11.8 Å². The van der Waals surface area contributed by atoms with Gasteiger partial charge in [-0.25, -0.2) is 16.8 Å². The molecule has 4 rings (SSSR count). The van der Waals surface area contributed by atoms with Gasteiger partial charge in [0.2, 0.25) is 0 Å². The van der Waals surface area contributed by atoms with E-state index in [4.69, 9.17) is 10.00 Å². The first-order valence-corrected chi connectivity index (χ1v) is 11.9. The molecule has 4 aromatic rings. The highest BCUT2D eigenvalue weighted by Gasteiger charge is 2.23. The van der Waals surface area contributed by atoms with Crippen molar-refractivity contribution in [2.45, 2.75) is 16.7 Å². The summed E-state index contributed by atoms with van der Waals surface area (Å²) in [7, 11) is -3.90. The fourth-order valence-corrected chi connectivity index (χ4v) is 5.31. The van der Waals surface area contributed by atoms with Gasteiger partial charge in [0, 0.05) is 17.6 Å². The van der Waals surface area contributed by atoms with E-state index >= 15 is 4.39 Å². The molecular formula is C23H17FN2O3S2. The van der Waals surface area contributed by atoms with Crippen LogP contribution in [0.15, 0.2) is 76.7 Å². The van der Waals surface area contributed by atoms with Crippen LogP contribution in [0.4, 0.5) is 4.39 Å². The average molecular weight is 453 g/mol. The van der Waals surface area contributed by atoms with Gasteiger partial charge in [0.05, 0.1) is 26.9 Å². The molecule has 0 saturated carbocycles. The van der Waals surface area contributed by atoms with Crippen LogP contribution in [0, 0.1) is 24.1 Å². The summed E-state index contributed by atoms with van der Waals surface area (Å²) in [4.78, 5) is 0.588. The number of fused-ring (bicyclic) bond motifs is 1. The van der Waals surface area contributed by atoms with E-state index in [0.29, 0.717) is 21.6 Å². The number of ether oxygens (including phenoxy) is 1. The zero-order valence-corrected chi connectivity index (χ0v) is 18.3. The second kappa shape index (κ2) is 8.10. The minimum absolute atomic E-state index is 0.0134. The van der Waals surface area contributed by atoms with Gasteiger partial charge in [-0.2, -0.15) is 5.26 Å². The molecule has 1 aromatic heterocycles. The number of aryl methyl sites for hydroxylation is 1. The second-order valence-corrected chi connectivity index (χ2v) is 9.46. The summed E-state index contributed by atoms with van der Waals surface area (Å²) >= 11 is 1.25. The lowest BCUT2D eigenvalue weighted by molar-refractivity contribution is 0.432. The molecule has 3 aromatic carbocycles. The van der Waals surface area contributed by atoms with Crippen LogP contribution in [0.2, 0.25) is 0 Å². The maximum atomic E-state index is 15.1. The van der Waals surface area contributed by atoms with Crippen LogP contribution < -0.4 is 4.74 Å². The number of hydrogen-bond donors (Lipinski definition) is 0. The first-order chi connectivity index (χ1) is 14.8. The fraction of sp³-hybridized carbons (Fsp3) is 0.0870. The molecule has 8 heteroatoms. The molecule has 0 aliphatic rings. The Morgan fingerprint density at radius 3 is 2.52 bits per heavy atom. The Morgan fingerprint density at radius 1 is 1.10 bits per heavy atom. The topological polar surface area (TPSA) is 72.1 Å². The van der Waals surface area contributed by atoms with E-state index in [0.717, 1.165) is 15.6 Å². The smallest absolute Gasteiger partial charge is 0.268 e. The molecule has 31 heavy (non-hydrogen) atoms. The largest absolute Gasteiger partial charge is 0.453 e. The van der Waals surface area contributed by atoms with Gasteiger partial charge in [0.15, 0.2) is 11.6 Å². The monoisotopic (exact) mass is 452 g/mol. The first-order valence-electron chi connectivity index (χ1n) is 9.23. The number of rotatable bonds is 5. The molecule has 0 atom stereocenters. The van der Waals surface area contributed by atoms with Crippen LogP contribution in [0.5, 0.6) is 11.5 Å². The fourth-order valence-electron chi connectivity index (χ4n) is 3.25. The molecule has 0 spiro atoms. The summed E-state index contributed by atoms with van der Waals surface area (Å²) < 4.78 is 48.3. The van der Waals surface area contributed by atoms with Crippen molar-refractivity contribution < 1.29 is 17.5 Å². The highest BCUT2D eigenvalue weighted by molar-refractivity contribution is 7.99. The van der Waals surface area contributed by atoms with Gasteiger partial charge in [-0.3, -0.25) is 0 Å². The maximum Gasteiger partial charge on any atom is 0.268 e. The van der Waals surface area contributed by atoms with E-state index in [1.807, 2.05) is 13.0 Å². The molecule has 0 aliphatic carbocycles. The van der Waals surface area contributed by atoms with Crippen molar-refractivity contribution in [3.63, 3.8) is 0 Å². The third-order valence-corrected chi connectivity index (χ3v) is 7.30. The number of halogens is 1. The zero-order valence-electron chi connectivity index (χ0n) is 16.7. The number of aromatic nitrogens is 1. The summed E-state index contributed by atoms with van der Waals surface area (Å²) in [6.45, 7) is 1.87. The Morgan fingerprint density at radius 2 is 1.84 bits per heavy atom. The lowest BCUT2D eigenvalue weighted by Gasteiger charge is -2.14. The van der Waals surface area contributed by atoms with Crippen LogP contribution in [0.1, 0.15) is 11.1 Å². The van der Waals surface area contributed by atoms with Gasteiger partial charge < -0.3 is 4.74 Å². The quantitative estimate of drug-likeness (QED) is 0.363. The predicted molar refractivity (Wildman–Crippen MR) is 119 cm³/mol. The van der Waals surface area contributed by atoms with Crippen molar-refractivity contribution in [3.05, 3.63) is 83.8 Å². The maximum absolute atomic E-state index is 15.1. The highest BCUT2D eigenvalue weighted by atomic mass is 32.2. The van der Waals surface area contributed by atoms with Gasteiger partial charge in [0.25, 0.3) is 10.0 Å². The molecule has 0 N–H and O–H groups in total. The molecule has 0 fully saturated rings. The van der Waals surface area contributed by atoms with Gasteiger partial charge in [-0.05, 0) is 49.6 Å². The van der Waals surface area contributed by atoms with E-state index < -0.39 is 15.8 Å². The van der Waals surface area contributed by atoms with E-state index in [-0.39, 0.29) is 16.2 Å². The summed E-state index contributed by atoms with van der Waals surface area (Å²) in [5, 5.41) is 9.62. The van der Waals surface area contributed by atoms with Crippen LogP contribution in [0.3, 0.4) is 0 Å². The van der Waals surface area contributed by atoms with Gasteiger partial charge in [-0.1, -0.05) is 23.8 Å². The van der Waals surface area contributed by atoms with Crippen molar-refractivity contribution in [1.29, 1.82) is 5.26 Å². The van der Waals surface area contributed by atoms with E-state index in [1.165, 1.54) is 36.2 Å². The number of hydrogen-bond acceptors (Lipinski definition) is 5. The third-order valence-electron chi connectivity index (χ3n) is 4.79. The molecule has 0 amide bonds. The van der Waals surface area contributed by atoms with E-state index in [9.17, 15) is 8.42 Å². The van der Waals surface area contributed by atoms with E-state index in [2.05, 4.69) is 0 Å². The minimum Gasteiger partial charge on any atom is -0.453 e. The molecule has 5 nitrogen and oxygen atoms in total. The molecule has 0 unspecified atom stereocenters. The van der Waals surface area contributed by atoms with Crippen LogP contribution in [0.25, 0.3) is 10.9 Å². The van der Waals surface area contributed by atoms with Crippen molar-refractivity contribution in [1.82, 2.24) is 3.97 Å². The third kappa shape index (κ3) is 3.78. The summed E-state index contributed by atoms with van der Waals surface area (Å²) in [5.41, 5.74) is 1.55. The average Bonchev–Trinajstić information content (AvgIpc) is 3.19. The van der Waals surface area contributed by atoms with Crippen LogP contribution in [-0.4, -0.2) is 18.6 Å².